The van der Waals surface area contributed by atoms with E-state index < -0.39 is 0 Å². The summed E-state index contributed by atoms with van der Waals surface area (Å²) in [7, 11) is 1.78. The molecular formula is C11H23NO. The molecule has 1 aliphatic rings. The molecule has 13 heavy (non-hydrogen) atoms. The fourth-order valence-electron chi connectivity index (χ4n) is 1.86. The average Bonchev–Trinajstić information content (AvgIpc) is 2.57. The monoisotopic (exact) mass is 185 g/mol. The van der Waals surface area contributed by atoms with Crippen LogP contribution in [0.2, 0.25) is 0 Å². The predicted octanol–water partition coefficient (Wildman–Crippen LogP) is 2.19. The van der Waals surface area contributed by atoms with Gasteiger partial charge >= 0.3 is 0 Å². The van der Waals surface area contributed by atoms with Crippen molar-refractivity contribution in [3.63, 3.8) is 0 Å². The van der Waals surface area contributed by atoms with Crippen molar-refractivity contribution < 1.29 is 4.74 Å². The molecule has 0 heterocycles. The van der Waals surface area contributed by atoms with E-state index in [0.717, 1.165) is 12.5 Å². The molecule has 2 heteroatoms. The van der Waals surface area contributed by atoms with Gasteiger partial charge in [-0.2, -0.15) is 0 Å². The molecule has 1 aliphatic carbocycles. The summed E-state index contributed by atoms with van der Waals surface area (Å²) in [6.45, 7) is 6.37. The summed E-state index contributed by atoms with van der Waals surface area (Å²) in [6.07, 6.45) is 5.70. The second-order valence-electron chi connectivity index (χ2n) is 4.75. The molecule has 78 valence electrons. The lowest BCUT2D eigenvalue weighted by Gasteiger charge is -2.24. The Kier molecular flexibility index (Phi) is 4.20. The molecule has 0 aromatic carbocycles. The lowest BCUT2D eigenvalue weighted by atomic mass is 10.1. The first-order chi connectivity index (χ1) is 6.14. The number of hydrogen-bond acceptors (Lipinski definition) is 2. The molecule has 0 amide bonds. The highest BCUT2D eigenvalue weighted by molar-refractivity contribution is 4.74. The predicted molar refractivity (Wildman–Crippen MR) is 55.9 cm³/mol. The third-order valence-corrected chi connectivity index (χ3v) is 3.01. The maximum Gasteiger partial charge on any atom is 0.0746 e. The van der Waals surface area contributed by atoms with Crippen LogP contribution in [0.3, 0.4) is 0 Å². The second kappa shape index (κ2) is 4.97. The Bertz CT molecular complexity index is 139. The largest absolute Gasteiger partial charge is 0.377 e. The fourth-order valence-corrected chi connectivity index (χ4v) is 1.86. The maximum atomic E-state index is 5.34. The van der Waals surface area contributed by atoms with E-state index in [0.29, 0.717) is 0 Å². The van der Waals surface area contributed by atoms with Crippen LogP contribution in [0.1, 0.15) is 39.5 Å². The minimum Gasteiger partial charge on any atom is -0.377 e. The van der Waals surface area contributed by atoms with E-state index >= 15 is 0 Å². The normalized spacial score (nSPS) is 19.6. The lowest BCUT2D eigenvalue weighted by molar-refractivity contribution is 0.0227. The first-order valence-corrected chi connectivity index (χ1v) is 5.40. The minimum absolute atomic E-state index is 0.0153. The van der Waals surface area contributed by atoms with E-state index in [4.69, 9.17) is 4.74 Å². The van der Waals surface area contributed by atoms with Gasteiger partial charge in [-0.3, -0.25) is 0 Å². The van der Waals surface area contributed by atoms with Gasteiger partial charge in [0.2, 0.25) is 0 Å². The van der Waals surface area contributed by atoms with Crippen molar-refractivity contribution in [2.45, 2.75) is 45.1 Å². The summed E-state index contributed by atoms with van der Waals surface area (Å²) < 4.78 is 5.34. The number of hydrogen-bond donors (Lipinski definition) is 1. The molecular weight excluding hydrogens is 162 g/mol. The zero-order chi connectivity index (χ0) is 9.73. The van der Waals surface area contributed by atoms with Crippen LogP contribution in [-0.4, -0.2) is 25.8 Å². The SMILES string of the molecule is COC(C)(C)CNCC1CCCC1. The van der Waals surface area contributed by atoms with Gasteiger partial charge in [0, 0.05) is 13.7 Å². The summed E-state index contributed by atoms with van der Waals surface area (Å²) >= 11 is 0. The molecule has 0 spiro atoms. The lowest BCUT2D eigenvalue weighted by Crippen LogP contribution is -2.38. The molecule has 0 atom stereocenters. The number of ether oxygens (including phenoxy) is 1. The van der Waals surface area contributed by atoms with E-state index in [2.05, 4.69) is 19.2 Å². The number of rotatable bonds is 5. The van der Waals surface area contributed by atoms with Crippen LogP contribution in [0.25, 0.3) is 0 Å². The van der Waals surface area contributed by atoms with Crippen LogP contribution in [0.5, 0.6) is 0 Å². The topological polar surface area (TPSA) is 21.3 Å². The second-order valence-corrected chi connectivity index (χ2v) is 4.75. The highest BCUT2D eigenvalue weighted by Gasteiger charge is 2.18. The zero-order valence-electron chi connectivity index (χ0n) is 9.23. The van der Waals surface area contributed by atoms with Crippen LogP contribution in [-0.2, 0) is 4.74 Å². The van der Waals surface area contributed by atoms with Crippen molar-refractivity contribution in [3.8, 4) is 0 Å². The van der Waals surface area contributed by atoms with Gasteiger partial charge in [-0.15, -0.1) is 0 Å². The van der Waals surface area contributed by atoms with Crippen molar-refractivity contribution in [3.05, 3.63) is 0 Å². The van der Waals surface area contributed by atoms with Crippen LogP contribution in [0.4, 0.5) is 0 Å². The van der Waals surface area contributed by atoms with E-state index in [9.17, 15) is 0 Å². The standard InChI is InChI=1S/C11H23NO/c1-11(2,13-3)9-12-8-10-6-4-5-7-10/h10,12H,4-9H2,1-3H3. The summed E-state index contributed by atoms with van der Waals surface area (Å²) in [5, 5.41) is 3.49. The molecule has 1 fully saturated rings. The van der Waals surface area contributed by atoms with Crippen LogP contribution in [0, 0.1) is 5.92 Å². The van der Waals surface area contributed by atoms with Crippen molar-refractivity contribution in [2.24, 2.45) is 5.92 Å². The Labute approximate surface area is 82.0 Å². The van der Waals surface area contributed by atoms with Crippen molar-refractivity contribution in [1.82, 2.24) is 5.32 Å². The Balaban J connectivity index is 2.06. The van der Waals surface area contributed by atoms with Crippen molar-refractivity contribution in [1.29, 1.82) is 0 Å². The average molecular weight is 185 g/mol. The molecule has 1 saturated carbocycles. The molecule has 0 radical (unpaired) electrons. The highest BCUT2D eigenvalue weighted by atomic mass is 16.5. The Hall–Kier alpha value is -0.0800. The molecule has 2 nitrogen and oxygen atoms in total. The van der Waals surface area contributed by atoms with Gasteiger partial charge in [0.25, 0.3) is 0 Å². The molecule has 0 saturated heterocycles. The summed E-state index contributed by atoms with van der Waals surface area (Å²) in [4.78, 5) is 0. The quantitative estimate of drug-likeness (QED) is 0.709. The molecule has 0 unspecified atom stereocenters. The molecule has 0 aliphatic heterocycles. The third kappa shape index (κ3) is 4.10. The van der Waals surface area contributed by atoms with Gasteiger partial charge in [-0.05, 0) is 39.2 Å². The van der Waals surface area contributed by atoms with Crippen LogP contribution in [0.15, 0.2) is 0 Å². The smallest absolute Gasteiger partial charge is 0.0746 e. The summed E-state index contributed by atoms with van der Waals surface area (Å²) in [5.41, 5.74) is -0.0153. The number of methoxy groups -OCH3 is 1. The summed E-state index contributed by atoms with van der Waals surface area (Å²) in [6, 6.07) is 0. The third-order valence-electron chi connectivity index (χ3n) is 3.01. The number of nitrogens with one attached hydrogen (secondary N) is 1. The Morgan fingerprint density at radius 3 is 2.46 bits per heavy atom. The van der Waals surface area contributed by atoms with Gasteiger partial charge in [0.1, 0.15) is 0 Å². The van der Waals surface area contributed by atoms with Gasteiger partial charge < -0.3 is 10.1 Å². The van der Waals surface area contributed by atoms with Crippen molar-refractivity contribution >= 4 is 0 Å². The van der Waals surface area contributed by atoms with E-state index in [-0.39, 0.29) is 5.60 Å². The molecule has 1 N–H and O–H groups in total. The molecule has 0 aromatic heterocycles. The Morgan fingerprint density at radius 1 is 1.31 bits per heavy atom. The van der Waals surface area contributed by atoms with Crippen LogP contribution >= 0.6 is 0 Å². The van der Waals surface area contributed by atoms with Gasteiger partial charge in [-0.25, -0.2) is 0 Å². The molecule has 1 rings (SSSR count). The molecule has 0 bridgehead atoms. The van der Waals surface area contributed by atoms with E-state index in [1.165, 1.54) is 32.2 Å². The highest BCUT2D eigenvalue weighted by Crippen LogP contribution is 2.23. The van der Waals surface area contributed by atoms with E-state index in [1.807, 2.05) is 0 Å². The summed E-state index contributed by atoms with van der Waals surface area (Å²) in [5.74, 6) is 0.924. The van der Waals surface area contributed by atoms with Crippen LogP contribution < -0.4 is 5.32 Å². The van der Waals surface area contributed by atoms with Gasteiger partial charge in [-0.1, -0.05) is 12.8 Å². The molecule has 0 aromatic rings. The first kappa shape index (κ1) is 11.0. The van der Waals surface area contributed by atoms with Crippen molar-refractivity contribution in [2.75, 3.05) is 20.2 Å². The first-order valence-electron chi connectivity index (χ1n) is 5.40. The fraction of sp³-hybridized carbons (Fsp3) is 1.00. The van der Waals surface area contributed by atoms with Gasteiger partial charge in [0.05, 0.1) is 5.60 Å². The Morgan fingerprint density at radius 2 is 1.92 bits per heavy atom. The van der Waals surface area contributed by atoms with E-state index in [1.54, 1.807) is 7.11 Å². The zero-order valence-corrected chi connectivity index (χ0v) is 9.23. The maximum absolute atomic E-state index is 5.34. The minimum atomic E-state index is -0.0153. The van der Waals surface area contributed by atoms with Gasteiger partial charge in [0.15, 0.2) is 0 Å².